The SMILES string of the molecule is CC1CCCCC1N=Cc1cccc(C(C)(C)C)c1S. The van der Waals surface area contributed by atoms with E-state index in [-0.39, 0.29) is 5.41 Å². The van der Waals surface area contributed by atoms with E-state index in [0.717, 1.165) is 10.5 Å². The van der Waals surface area contributed by atoms with Crippen LogP contribution in [0, 0.1) is 5.92 Å². The zero-order valence-electron chi connectivity index (χ0n) is 13.2. The third kappa shape index (κ3) is 3.66. The lowest BCUT2D eigenvalue weighted by molar-refractivity contribution is 0.333. The largest absolute Gasteiger partial charge is 0.289 e. The molecule has 1 aliphatic rings. The second kappa shape index (κ2) is 6.34. The Morgan fingerprint density at radius 2 is 1.90 bits per heavy atom. The van der Waals surface area contributed by atoms with Crippen LogP contribution >= 0.6 is 12.6 Å². The van der Waals surface area contributed by atoms with E-state index in [1.54, 1.807) is 0 Å². The van der Waals surface area contributed by atoms with Crippen molar-refractivity contribution in [3.05, 3.63) is 29.3 Å². The first-order valence-electron chi connectivity index (χ1n) is 7.75. The molecule has 0 amide bonds. The molecule has 2 rings (SSSR count). The summed E-state index contributed by atoms with van der Waals surface area (Å²) >= 11 is 4.73. The summed E-state index contributed by atoms with van der Waals surface area (Å²) in [7, 11) is 0. The van der Waals surface area contributed by atoms with Crippen LogP contribution in [0.2, 0.25) is 0 Å². The van der Waals surface area contributed by atoms with Crippen molar-refractivity contribution < 1.29 is 0 Å². The molecule has 0 N–H and O–H groups in total. The predicted molar refractivity (Wildman–Crippen MR) is 91.4 cm³/mol. The minimum absolute atomic E-state index is 0.124. The summed E-state index contributed by atoms with van der Waals surface area (Å²) in [5.41, 5.74) is 2.57. The molecule has 0 spiro atoms. The molecule has 110 valence electrons. The second-order valence-electron chi connectivity index (χ2n) is 7.10. The zero-order valence-corrected chi connectivity index (χ0v) is 14.1. The number of aliphatic imine (C=N–C) groups is 1. The van der Waals surface area contributed by atoms with Crippen LogP contribution in [0.25, 0.3) is 0 Å². The molecular weight excluding hydrogens is 262 g/mol. The van der Waals surface area contributed by atoms with E-state index in [1.807, 2.05) is 6.21 Å². The van der Waals surface area contributed by atoms with Crippen LogP contribution in [0.3, 0.4) is 0 Å². The number of benzene rings is 1. The number of hydrogen-bond donors (Lipinski definition) is 1. The molecule has 2 atom stereocenters. The van der Waals surface area contributed by atoms with Gasteiger partial charge < -0.3 is 0 Å². The lowest BCUT2D eigenvalue weighted by Gasteiger charge is -2.25. The van der Waals surface area contributed by atoms with Crippen molar-refractivity contribution in [1.82, 2.24) is 0 Å². The lowest BCUT2D eigenvalue weighted by atomic mass is 9.85. The average molecular weight is 289 g/mol. The third-order valence-corrected chi connectivity index (χ3v) is 4.85. The van der Waals surface area contributed by atoms with Crippen LogP contribution in [0.5, 0.6) is 0 Å². The van der Waals surface area contributed by atoms with Crippen molar-refractivity contribution in [2.45, 2.75) is 69.7 Å². The Morgan fingerprint density at radius 1 is 1.20 bits per heavy atom. The fourth-order valence-electron chi connectivity index (χ4n) is 2.96. The highest BCUT2D eigenvalue weighted by Gasteiger charge is 2.20. The Bertz CT molecular complexity index is 485. The van der Waals surface area contributed by atoms with Gasteiger partial charge in [-0.2, -0.15) is 0 Å². The van der Waals surface area contributed by atoms with E-state index in [9.17, 15) is 0 Å². The van der Waals surface area contributed by atoms with E-state index in [1.165, 1.54) is 31.2 Å². The quantitative estimate of drug-likeness (QED) is 0.562. The molecule has 0 aliphatic heterocycles. The summed E-state index contributed by atoms with van der Waals surface area (Å²) < 4.78 is 0. The first-order chi connectivity index (χ1) is 9.39. The van der Waals surface area contributed by atoms with Gasteiger partial charge in [-0.25, -0.2) is 0 Å². The zero-order chi connectivity index (χ0) is 14.8. The summed E-state index contributed by atoms with van der Waals surface area (Å²) in [6.07, 6.45) is 7.28. The van der Waals surface area contributed by atoms with Crippen LogP contribution in [-0.2, 0) is 5.41 Å². The standard InChI is InChI=1S/C18H27NS/c1-13-8-5-6-11-16(13)19-12-14-9-7-10-15(17(14)20)18(2,3)4/h7,9-10,12-13,16,20H,5-6,8,11H2,1-4H3. The maximum atomic E-state index is 4.84. The average Bonchev–Trinajstić information content (AvgIpc) is 2.38. The molecule has 0 saturated heterocycles. The normalized spacial score (nSPS) is 24.2. The minimum atomic E-state index is 0.124. The maximum absolute atomic E-state index is 4.84. The van der Waals surface area contributed by atoms with Crippen LogP contribution in [0.4, 0.5) is 0 Å². The highest BCUT2D eigenvalue weighted by atomic mass is 32.1. The van der Waals surface area contributed by atoms with Gasteiger partial charge in [0.05, 0.1) is 6.04 Å². The van der Waals surface area contributed by atoms with Gasteiger partial charge in [0.15, 0.2) is 0 Å². The van der Waals surface area contributed by atoms with Crippen molar-refractivity contribution in [3.8, 4) is 0 Å². The molecule has 1 fully saturated rings. The molecule has 1 aromatic carbocycles. The Hall–Kier alpha value is -0.760. The van der Waals surface area contributed by atoms with Crippen molar-refractivity contribution in [2.75, 3.05) is 0 Å². The van der Waals surface area contributed by atoms with Gasteiger partial charge in [-0.05, 0) is 29.7 Å². The molecule has 0 aromatic heterocycles. The van der Waals surface area contributed by atoms with E-state index >= 15 is 0 Å². The number of rotatable bonds is 2. The monoisotopic (exact) mass is 289 g/mol. The van der Waals surface area contributed by atoms with Crippen LogP contribution in [-0.4, -0.2) is 12.3 Å². The Morgan fingerprint density at radius 3 is 2.55 bits per heavy atom. The highest BCUT2D eigenvalue weighted by molar-refractivity contribution is 7.80. The van der Waals surface area contributed by atoms with E-state index in [4.69, 9.17) is 17.6 Å². The van der Waals surface area contributed by atoms with E-state index in [2.05, 4.69) is 45.9 Å². The van der Waals surface area contributed by atoms with Gasteiger partial charge in [0.1, 0.15) is 0 Å². The molecular formula is C18H27NS. The van der Waals surface area contributed by atoms with Crippen LogP contribution in [0.15, 0.2) is 28.1 Å². The van der Waals surface area contributed by atoms with Crippen molar-refractivity contribution >= 4 is 18.8 Å². The Balaban J connectivity index is 2.21. The summed E-state index contributed by atoms with van der Waals surface area (Å²) in [6, 6.07) is 6.90. The van der Waals surface area contributed by atoms with Gasteiger partial charge in [-0.1, -0.05) is 58.7 Å². The van der Waals surface area contributed by atoms with Crippen LogP contribution in [0.1, 0.15) is 64.5 Å². The van der Waals surface area contributed by atoms with Gasteiger partial charge in [-0.15, -0.1) is 12.6 Å². The van der Waals surface area contributed by atoms with Gasteiger partial charge in [0, 0.05) is 16.7 Å². The first-order valence-corrected chi connectivity index (χ1v) is 8.20. The Labute approximate surface area is 129 Å². The summed E-state index contributed by atoms with van der Waals surface area (Å²) in [5.74, 6) is 0.717. The van der Waals surface area contributed by atoms with E-state index in [0.29, 0.717) is 12.0 Å². The van der Waals surface area contributed by atoms with Crippen LogP contribution < -0.4 is 0 Å². The molecule has 1 aromatic rings. The van der Waals surface area contributed by atoms with Crippen molar-refractivity contribution in [2.24, 2.45) is 10.9 Å². The molecule has 2 unspecified atom stereocenters. The molecule has 0 radical (unpaired) electrons. The van der Waals surface area contributed by atoms with E-state index < -0.39 is 0 Å². The molecule has 0 bridgehead atoms. The second-order valence-corrected chi connectivity index (χ2v) is 7.55. The molecule has 1 aliphatic carbocycles. The van der Waals surface area contributed by atoms with Crippen molar-refractivity contribution in [1.29, 1.82) is 0 Å². The summed E-state index contributed by atoms with van der Waals surface area (Å²) in [6.45, 7) is 9.01. The van der Waals surface area contributed by atoms with Gasteiger partial charge in [-0.3, -0.25) is 4.99 Å². The lowest BCUT2D eigenvalue weighted by Crippen LogP contribution is -2.20. The molecule has 1 saturated carbocycles. The first kappa shape index (κ1) is 15.6. The van der Waals surface area contributed by atoms with Gasteiger partial charge in [0.2, 0.25) is 0 Å². The molecule has 0 heterocycles. The highest BCUT2D eigenvalue weighted by Crippen LogP contribution is 2.30. The van der Waals surface area contributed by atoms with Gasteiger partial charge in [0.25, 0.3) is 0 Å². The predicted octanol–water partition coefficient (Wildman–Crippen LogP) is 5.27. The number of thiol groups is 1. The van der Waals surface area contributed by atoms with Crippen molar-refractivity contribution in [3.63, 3.8) is 0 Å². The molecule has 2 heteroatoms. The molecule has 20 heavy (non-hydrogen) atoms. The fraction of sp³-hybridized carbons (Fsp3) is 0.611. The summed E-state index contributed by atoms with van der Waals surface area (Å²) in [5, 5.41) is 0. The third-order valence-electron chi connectivity index (χ3n) is 4.35. The Kier molecular flexibility index (Phi) is 4.95. The summed E-state index contributed by atoms with van der Waals surface area (Å²) in [4.78, 5) is 5.92. The fourth-order valence-corrected chi connectivity index (χ4v) is 3.51. The minimum Gasteiger partial charge on any atom is -0.289 e. The topological polar surface area (TPSA) is 12.4 Å². The number of hydrogen-bond acceptors (Lipinski definition) is 2. The smallest absolute Gasteiger partial charge is 0.0525 e. The number of nitrogens with zero attached hydrogens (tertiary/aromatic N) is 1. The molecule has 1 nitrogen and oxygen atoms in total. The van der Waals surface area contributed by atoms with Gasteiger partial charge >= 0.3 is 0 Å². The maximum Gasteiger partial charge on any atom is 0.0525 e.